The van der Waals surface area contributed by atoms with Crippen LogP contribution in [0.25, 0.3) is 5.82 Å². The van der Waals surface area contributed by atoms with Gasteiger partial charge < -0.3 is 10.2 Å². The molecule has 1 aromatic carbocycles. The molecule has 2 aromatic heterocycles. The molecule has 0 aliphatic carbocycles. The van der Waals surface area contributed by atoms with Gasteiger partial charge in [0, 0.05) is 45.3 Å². The lowest BCUT2D eigenvalue weighted by Gasteiger charge is -2.39. The molecule has 3 aromatic rings. The van der Waals surface area contributed by atoms with Gasteiger partial charge in [0.15, 0.2) is 5.96 Å². The third-order valence-corrected chi connectivity index (χ3v) is 5.67. The fourth-order valence-corrected chi connectivity index (χ4v) is 4.15. The van der Waals surface area contributed by atoms with Gasteiger partial charge in [0.1, 0.15) is 12.1 Å². The van der Waals surface area contributed by atoms with Gasteiger partial charge in [-0.25, -0.2) is 9.97 Å². The Labute approximate surface area is 172 Å². The smallest absolute Gasteiger partial charge is 0.193 e. The molecule has 0 radical (unpaired) electrons. The maximum Gasteiger partial charge on any atom is 0.193 e. The van der Waals surface area contributed by atoms with Gasteiger partial charge in [-0.3, -0.25) is 9.56 Å². The number of piperidine rings is 1. The second-order valence-electron chi connectivity index (χ2n) is 7.62. The van der Waals surface area contributed by atoms with Gasteiger partial charge in [0.05, 0.1) is 0 Å². The Morgan fingerprint density at radius 2 is 2.07 bits per heavy atom. The monoisotopic (exact) mass is 388 g/mol. The van der Waals surface area contributed by atoms with E-state index in [2.05, 4.69) is 68.5 Å². The van der Waals surface area contributed by atoms with Crippen molar-refractivity contribution in [2.45, 2.75) is 25.8 Å². The summed E-state index contributed by atoms with van der Waals surface area (Å²) in [7, 11) is 1.86. The first kappa shape index (κ1) is 19.2. The number of guanidine groups is 1. The zero-order chi connectivity index (χ0) is 20.1. The minimum atomic E-state index is 0.582. The van der Waals surface area contributed by atoms with E-state index in [0.29, 0.717) is 18.4 Å². The average Bonchev–Trinajstić information content (AvgIpc) is 3.30. The number of hydrogen-bond donors (Lipinski definition) is 1. The van der Waals surface area contributed by atoms with Crippen LogP contribution >= 0.6 is 0 Å². The highest BCUT2D eigenvalue weighted by Gasteiger charge is 2.28. The molecule has 1 fully saturated rings. The van der Waals surface area contributed by atoms with Gasteiger partial charge in [-0.1, -0.05) is 37.3 Å². The molecule has 0 amide bonds. The van der Waals surface area contributed by atoms with Crippen LogP contribution < -0.4 is 5.32 Å². The summed E-state index contributed by atoms with van der Waals surface area (Å²) in [4.78, 5) is 15.4. The van der Waals surface area contributed by atoms with Gasteiger partial charge >= 0.3 is 0 Å². The number of pyridine rings is 1. The second-order valence-corrected chi connectivity index (χ2v) is 7.62. The summed E-state index contributed by atoms with van der Waals surface area (Å²) in [5.74, 6) is 3.03. The number of nitrogens with zero attached hydrogens (tertiary/aromatic N) is 5. The first-order valence-corrected chi connectivity index (χ1v) is 10.2. The molecule has 1 N–H and O–H groups in total. The predicted octanol–water partition coefficient (Wildman–Crippen LogP) is 3.47. The van der Waals surface area contributed by atoms with Crippen molar-refractivity contribution < 1.29 is 0 Å². The number of hydrogen-bond acceptors (Lipinski definition) is 3. The second kappa shape index (κ2) is 8.90. The lowest BCUT2D eigenvalue weighted by atomic mass is 9.82. The van der Waals surface area contributed by atoms with Gasteiger partial charge in [0.25, 0.3) is 0 Å². The molecule has 150 valence electrons. The average molecular weight is 389 g/mol. The van der Waals surface area contributed by atoms with Crippen molar-refractivity contribution in [1.29, 1.82) is 0 Å². The highest BCUT2D eigenvalue weighted by molar-refractivity contribution is 5.80. The fraction of sp³-hybridized carbons (Fsp3) is 0.348. The molecular weight excluding hydrogens is 360 g/mol. The van der Waals surface area contributed by atoms with Crippen molar-refractivity contribution in [3.63, 3.8) is 0 Å². The number of nitrogens with one attached hydrogen (secondary N) is 1. The number of aromatic nitrogens is 3. The molecule has 6 nitrogen and oxygen atoms in total. The van der Waals surface area contributed by atoms with Crippen LogP contribution in [0.4, 0.5) is 0 Å². The van der Waals surface area contributed by atoms with E-state index in [1.807, 2.05) is 30.1 Å². The van der Waals surface area contributed by atoms with Crippen LogP contribution in [0.5, 0.6) is 0 Å². The van der Waals surface area contributed by atoms with Crippen molar-refractivity contribution >= 4 is 5.96 Å². The largest absolute Gasteiger partial charge is 0.352 e. The highest BCUT2D eigenvalue weighted by atomic mass is 15.3. The molecule has 2 atom stereocenters. The fourth-order valence-electron chi connectivity index (χ4n) is 4.15. The summed E-state index contributed by atoms with van der Waals surface area (Å²) in [5, 5.41) is 3.53. The van der Waals surface area contributed by atoms with E-state index in [9.17, 15) is 0 Å². The molecule has 29 heavy (non-hydrogen) atoms. The standard InChI is InChI=1S/C23H28N6/c1-18-16-28(12-9-21(18)20-6-4-3-5-7-20)23(24-2)27-15-19-8-10-26-22(14-19)29-13-11-25-17-29/h3-8,10-11,13-14,17-18,21H,9,12,15-16H2,1-2H3,(H,24,27). The first-order valence-electron chi connectivity index (χ1n) is 10.2. The van der Waals surface area contributed by atoms with E-state index in [4.69, 9.17) is 0 Å². The van der Waals surface area contributed by atoms with Crippen molar-refractivity contribution in [2.24, 2.45) is 10.9 Å². The molecule has 2 unspecified atom stereocenters. The molecular formula is C23H28N6. The lowest BCUT2D eigenvalue weighted by Crippen LogP contribution is -2.47. The summed E-state index contributed by atoms with van der Waals surface area (Å²) < 4.78 is 1.91. The van der Waals surface area contributed by atoms with Crippen molar-refractivity contribution in [1.82, 2.24) is 24.8 Å². The molecule has 1 saturated heterocycles. The molecule has 1 aliphatic rings. The maximum atomic E-state index is 4.53. The normalized spacial score (nSPS) is 19.9. The molecule has 1 aliphatic heterocycles. The number of rotatable bonds is 4. The molecule has 6 heteroatoms. The predicted molar refractivity (Wildman–Crippen MR) is 116 cm³/mol. The Morgan fingerprint density at radius 3 is 2.79 bits per heavy atom. The van der Waals surface area contributed by atoms with Crippen molar-refractivity contribution in [2.75, 3.05) is 20.1 Å². The molecule has 0 saturated carbocycles. The minimum Gasteiger partial charge on any atom is -0.352 e. The van der Waals surface area contributed by atoms with Crippen LogP contribution in [0, 0.1) is 5.92 Å². The summed E-state index contributed by atoms with van der Waals surface area (Å²) in [6.45, 7) is 5.08. The quantitative estimate of drug-likeness (QED) is 0.549. The van der Waals surface area contributed by atoms with Crippen LogP contribution in [0.2, 0.25) is 0 Å². The number of imidazole rings is 1. The molecule has 0 bridgehead atoms. The zero-order valence-electron chi connectivity index (χ0n) is 17.1. The van der Waals surface area contributed by atoms with Crippen LogP contribution in [-0.2, 0) is 6.54 Å². The Balaban J connectivity index is 1.37. The van der Waals surface area contributed by atoms with Crippen LogP contribution in [0.15, 0.2) is 72.4 Å². The van der Waals surface area contributed by atoms with E-state index in [1.54, 1.807) is 12.5 Å². The molecule has 4 rings (SSSR count). The van der Waals surface area contributed by atoms with Gasteiger partial charge in [-0.05, 0) is 41.5 Å². The first-order chi connectivity index (χ1) is 14.2. The number of benzene rings is 1. The van der Waals surface area contributed by atoms with Crippen molar-refractivity contribution in [3.8, 4) is 5.82 Å². The van der Waals surface area contributed by atoms with E-state index in [1.165, 1.54) is 5.56 Å². The third kappa shape index (κ3) is 4.47. The van der Waals surface area contributed by atoms with E-state index < -0.39 is 0 Å². The Hall–Kier alpha value is -3.15. The number of likely N-dealkylation sites (tertiary alicyclic amines) is 1. The van der Waals surface area contributed by atoms with E-state index in [-0.39, 0.29) is 0 Å². The van der Waals surface area contributed by atoms with Gasteiger partial charge in [-0.2, -0.15) is 0 Å². The lowest BCUT2D eigenvalue weighted by molar-refractivity contribution is 0.234. The molecule has 0 spiro atoms. The van der Waals surface area contributed by atoms with Gasteiger partial charge in [0.2, 0.25) is 0 Å². The maximum absolute atomic E-state index is 4.53. The number of aliphatic imine (C=N–C) groups is 1. The SMILES string of the molecule is CN=C(NCc1ccnc(-n2ccnc2)c1)N1CCC(c2ccccc2)C(C)C1. The van der Waals surface area contributed by atoms with Gasteiger partial charge in [-0.15, -0.1) is 0 Å². The topological polar surface area (TPSA) is 58.3 Å². The zero-order valence-corrected chi connectivity index (χ0v) is 17.1. The summed E-state index contributed by atoms with van der Waals surface area (Å²) in [5.41, 5.74) is 2.61. The summed E-state index contributed by atoms with van der Waals surface area (Å²) >= 11 is 0. The van der Waals surface area contributed by atoms with Crippen LogP contribution in [-0.4, -0.2) is 45.5 Å². The Morgan fingerprint density at radius 1 is 1.21 bits per heavy atom. The molecule has 3 heterocycles. The summed E-state index contributed by atoms with van der Waals surface area (Å²) in [6, 6.07) is 15.0. The Kier molecular flexibility index (Phi) is 5.89. The Bertz CT molecular complexity index is 935. The summed E-state index contributed by atoms with van der Waals surface area (Å²) in [6.07, 6.45) is 8.40. The van der Waals surface area contributed by atoms with E-state index >= 15 is 0 Å². The van der Waals surface area contributed by atoms with Crippen LogP contribution in [0.1, 0.15) is 30.4 Å². The van der Waals surface area contributed by atoms with Crippen molar-refractivity contribution in [3.05, 3.63) is 78.5 Å². The third-order valence-electron chi connectivity index (χ3n) is 5.67. The van der Waals surface area contributed by atoms with E-state index in [0.717, 1.165) is 36.9 Å². The highest BCUT2D eigenvalue weighted by Crippen LogP contribution is 2.32. The van der Waals surface area contributed by atoms with Crippen LogP contribution in [0.3, 0.4) is 0 Å². The minimum absolute atomic E-state index is 0.582.